The number of esters is 2. The largest absolute Gasteiger partial charge is 0.467 e. The lowest BCUT2D eigenvalue weighted by Crippen LogP contribution is -2.44. The van der Waals surface area contributed by atoms with Gasteiger partial charge < -0.3 is 19.5 Å². The van der Waals surface area contributed by atoms with Crippen molar-refractivity contribution >= 4 is 18.0 Å². The van der Waals surface area contributed by atoms with E-state index in [1.54, 1.807) is 20.8 Å². The SMILES string of the molecule is CCC(C)OC(=O)CCCC[C@H](NC(=O)OC(C)(C)C)C(=O)OC. The number of hydrogen-bond donors (Lipinski definition) is 1. The summed E-state index contributed by atoms with van der Waals surface area (Å²) in [5, 5.41) is 2.50. The summed E-state index contributed by atoms with van der Waals surface area (Å²) in [5.74, 6) is -0.790. The highest BCUT2D eigenvalue weighted by molar-refractivity contribution is 5.81. The van der Waals surface area contributed by atoms with Crippen LogP contribution >= 0.6 is 0 Å². The molecule has 0 spiro atoms. The average molecular weight is 345 g/mol. The van der Waals surface area contributed by atoms with Crippen LogP contribution in [-0.4, -0.2) is 42.9 Å². The molecule has 0 aliphatic heterocycles. The van der Waals surface area contributed by atoms with Gasteiger partial charge in [0.2, 0.25) is 0 Å². The lowest BCUT2D eigenvalue weighted by Gasteiger charge is -2.22. The van der Waals surface area contributed by atoms with Crippen LogP contribution < -0.4 is 5.32 Å². The van der Waals surface area contributed by atoms with Gasteiger partial charge >= 0.3 is 18.0 Å². The van der Waals surface area contributed by atoms with E-state index in [1.165, 1.54) is 7.11 Å². The molecule has 7 nitrogen and oxygen atoms in total. The Balaban J connectivity index is 4.28. The minimum Gasteiger partial charge on any atom is -0.467 e. The van der Waals surface area contributed by atoms with E-state index < -0.39 is 23.7 Å². The fraction of sp³-hybridized carbons (Fsp3) is 0.824. The minimum absolute atomic E-state index is 0.0887. The monoisotopic (exact) mass is 345 g/mol. The van der Waals surface area contributed by atoms with Gasteiger partial charge in [0.1, 0.15) is 11.6 Å². The molecular weight excluding hydrogens is 314 g/mol. The molecule has 1 amide bonds. The molecular formula is C17H31NO6. The van der Waals surface area contributed by atoms with Crippen molar-refractivity contribution in [1.29, 1.82) is 0 Å². The number of carbonyl (C=O) groups excluding carboxylic acids is 3. The van der Waals surface area contributed by atoms with E-state index in [9.17, 15) is 14.4 Å². The van der Waals surface area contributed by atoms with E-state index in [4.69, 9.17) is 9.47 Å². The number of nitrogens with one attached hydrogen (secondary N) is 1. The molecule has 0 bridgehead atoms. The maximum atomic E-state index is 11.8. The molecule has 0 aromatic rings. The Morgan fingerprint density at radius 2 is 1.75 bits per heavy atom. The Hall–Kier alpha value is -1.79. The molecule has 0 rings (SSSR count). The summed E-state index contributed by atoms with van der Waals surface area (Å²) < 4.78 is 15.0. The van der Waals surface area contributed by atoms with E-state index in [1.807, 2.05) is 13.8 Å². The zero-order valence-electron chi connectivity index (χ0n) is 15.6. The highest BCUT2D eigenvalue weighted by Crippen LogP contribution is 2.10. The fourth-order valence-electron chi connectivity index (χ4n) is 1.83. The number of unbranched alkanes of at least 4 members (excludes halogenated alkanes) is 1. The van der Waals surface area contributed by atoms with Gasteiger partial charge in [-0.3, -0.25) is 4.79 Å². The summed E-state index contributed by atoms with van der Waals surface area (Å²) in [6.45, 7) is 9.01. The third-order valence-electron chi connectivity index (χ3n) is 3.21. The van der Waals surface area contributed by atoms with Crippen molar-refractivity contribution < 1.29 is 28.6 Å². The van der Waals surface area contributed by atoms with Crippen molar-refractivity contribution in [2.45, 2.75) is 84.5 Å². The first kappa shape index (κ1) is 22.2. The van der Waals surface area contributed by atoms with Crippen LogP contribution in [0, 0.1) is 0 Å². The third-order valence-corrected chi connectivity index (χ3v) is 3.21. The lowest BCUT2D eigenvalue weighted by molar-refractivity contribution is -0.148. The topological polar surface area (TPSA) is 90.9 Å². The molecule has 7 heteroatoms. The van der Waals surface area contributed by atoms with Crippen LogP contribution in [-0.2, 0) is 23.8 Å². The molecule has 0 aromatic carbocycles. The van der Waals surface area contributed by atoms with Gasteiger partial charge in [0.15, 0.2) is 0 Å². The van der Waals surface area contributed by atoms with Crippen molar-refractivity contribution in [2.75, 3.05) is 7.11 Å². The van der Waals surface area contributed by atoms with Crippen molar-refractivity contribution in [3.63, 3.8) is 0 Å². The van der Waals surface area contributed by atoms with Gasteiger partial charge in [0.25, 0.3) is 0 Å². The Labute approximate surface area is 144 Å². The molecule has 0 saturated heterocycles. The zero-order chi connectivity index (χ0) is 18.8. The molecule has 24 heavy (non-hydrogen) atoms. The second-order valence-corrected chi connectivity index (χ2v) is 6.68. The van der Waals surface area contributed by atoms with Gasteiger partial charge in [-0.25, -0.2) is 9.59 Å². The molecule has 0 aliphatic carbocycles. The Morgan fingerprint density at radius 1 is 1.12 bits per heavy atom. The van der Waals surface area contributed by atoms with Gasteiger partial charge in [0.05, 0.1) is 13.2 Å². The molecule has 0 aromatic heterocycles. The number of amides is 1. The Bertz CT molecular complexity index is 416. The van der Waals surface area contributed by atoms with Crippen molar-refractivity contribution in [2.24, 2.45) is 0 Å². The van der Waals surface area contributed by atoms with Gasteiger partial charge in [0, 0.05) is 6.42 Å². The number of alkyl carbamates (subject to hydrolysis) is 1. The number of rotatable bonds is 9. The quantitative estimate of drug-likeness (QED) is 0.392. The third kappa shape index (κ3) is 10.9. The molecule has 0 aliphatic rings. The van der Waals surface area contributed by atoms with E-state index >= 15 is 0 Å². The van der Waals surface area contributed by atoms with Crippen LogP contribution in [0.4, 0.5) is 4.79 Å². The summed E-state index contributed by atoms with van der Waals surface area (Å²) in [5.41, 5.74) is -0.648. The van der Waals surface area contributed by atoms with Gasteiger partial charge in [-0.15, -0.1) is 0 Å². The van der Waals surface area contributed by atoms with E-state index in [-0.39, 0.29) is 18.5 Å². The van der Waals surface area contributed by atoms with E-state index in [0.29, 0.717) is 19.3 Å². The molecule has 0 radical (unpaired) electrons. The van der Waals surface area contributed by atoms with E-state index in [2.05, 4.69) is 10.1 Å². The number of hydrogen-bond acceptors (Lipinski definition) is 6. The normalized spacial score (nSPS) is 13.6. The highest BCUT2D eigenvalue weighted by atomic mass is 16.6. The van der Waals surface area contributed by atoms with Crippen LogP contribution in [0.25, 0.3) is 0 Å². The summed E-state index contributed by atoms with van der Waals surface area (Å²) in [6, 6.07) is -0.796. The summed E-state index contributed by atoms with van der Waals surface area (Å²) in [7, 11) is 1.26. The maximum Gasteiger partial charge on any atom is 0.408 e. The highest BCUT2D eigenvalue weighted by Gasteiger charge is 2.24. The molecule has 0 saturated carbocycles. The van der Waals surface area contributed by atoms with Crippen LogP contribution in [0.3, 0.4) is 0 Å². The summed E-state index contributed by atoms with van der Waals surface area (Å²) in [4.78, 5) is 35.1. The first-order valence-electron chi connectivity index (χ1n) is 8.35. The molecule has 0 fully saturated rings. The lowest BCUT2D eigenvalue weighted by atomic mass is 10.1. The maximum absolute atomic E-state index is 11.8. The van der Waals surface area contributed by atoms with Gasteiger partial charge in [-0.1, -0.05) is 13.3 Å². The second-order valence-electron chi connectivity index (χ2n) is 6.68. The molecule has 1 N–H and O–H groups in total. The van der Waals surface area contributed by atoms with Gasteiger partial charge in [-0.05, 0) is 47.0 Å². The summed E-state index contributed by atoms with van der Waals surface area (Å²) in [6.07, 6.45) is 1.80. The molecule has 140 valence electrons. The molecule has 0 heterocycles. The zero-order valence-corrected chi connectivity index (χ0v) is 15.6. The number of ether oxygens (including phenoxy) is 3. The minimum atomic E-state index is -0.796. The standard InChI is InChI=1S/C17H31NO6/c1-7-12(2)23-14(19)11-9-8-10-13(15(20)22-6)18-16(21)24-17(3,4)5/h12-13H,7-11H2,1-6H3,(H,18,21)/t12?,13-/m0/s1. The average Bonchev–Trinajstić information content (AvgIpc) is 2.47. The molecule has 2 atom stereocenters. The van der Waals surface area contributed by atoms with Crippen LogP contribution in [0.5, 0.6) is 0 Å². The van der Waals surface area contributed by atoms with Crippen molar-refractivity contribution in [3.05, 3.63) is 0 Å². The van der Waals surface area contributed by atoms with Crippen LogP contribution in [0.2, 0.25) is 0 Å². The number of methoxy groups -OCH3 is 1. The predicted octanol–water partition coefficient (Wildman–Crippen LogP) is 2.95. The smallest absolute Gasteiger partial charge is 0.408 e. The second kappa shape index (κ2) is 10.9. The van der Waals surface area contributed by atoms with Crippen LogP contribution in [0.15, 0.2) is 0 Å². The Kier molecular flexibility index (Phi) is 10.1. The Morgan fingerprint density at radius 3 is 2.25 bits per heavy atom. The van der Waals surface area contributed by atoms with Crippen molar-refractivity contribution in [1.82, 2.24) is 5.32 Å². The first-order chi connectivity index (χ1) is 11.1. The van der Waals surface area contributed by atoms with Gasteiger partial charge in [-0.2, -0.15) is 0 Å². The van der Waals surface area contributed by atoms with Crippen molar-refractivity contribution in [3.8, 4) is 0 Å². The number of carbonyl (C=O) groups is 3. The first-order valence-corrected chi connectivity index (χ1v) is 8.35. The molecule has 1 unspecified atom stereocenters. The van der Waals surface area contributed by atoms with E-state index in [0.717, 1.165) is 6.42 Å². The fourth-order valence-corrected chi connectivity index (χ4v) is 1.83. The summed E-state index contributed by atoms with van der Waals surface area (Å²) >= 11 is 0. The predicted molar refractivity (Wildman–Crippen MR) is 89.5 cm³/mol. The van der Waals surface area contributed by atoms with Crippen LogP contribution in [0.1, 0.15) is 66.7 Å².